The fourth-order valence-corrected chi connectivity index (χ4v) is 2.18. The van der Waals surface area contributed by atoms with Crippen molar-refractivity contribution in [2.24, 2.45) is 0 Å². The standard InChI is InChI=1S/C12H16N4O4S/c1-3-13-11(18)8-4-5-10(16-15-8)21-6-9(12(19)20)14-7(2)17/h4-5,9H,3,6H2,1-2H3,(H,13,18)(H,14,17)(H,19,20)/t9-/m0/s1. The van der Waals surface area contributed by atoms with Gasteiger partial charge in [-0.05, 0) is 19.1 Å². The van der Waals surface area contributed by atoms with Gasteiger partial charge in [-0.1, -0.05) is 0 Å². The SMILES string of the molecule is CCNC(=O)c1ccc(SC[C@H](NC(C)=O)C(=O)O)nn1. The van der Waals surface area contributed by atoms with Crippen molar-refractivity contribution in [1.82, 2.24) is 20.8 Å². The third-order valence-corrected chi connectivity index (χ3v) is 3.30. The van der Waals surface area contributed by atoms with Gasteiger partial charge in [0.2, 0.25) is 5.91 Å². The maximum absolute atomic E-state index is 11.5. The van der Waals surface area contributed by atoms with Crippen molar-refractivity contribution >= 4 is 29.5 Å². The minimum atomic E-state index is -1.12. The monoisotopic (exact) mass is 312 g/mol. The lowest BCUT2D eigenvalue weighted by atomic mass is 10.3. The number of carbonyl (C=O) groups excluding carboxylic acids is 2. The highest BCUT2D eigenvalue weighted by molar-refractivity contribution is 7.99. The summed E-state index contributed by atoms with van der Waals surface area (Å²) in [6.07, 6.45) is 0. The molecule has 1 atom stereocenters. The van der Waals surface area contributed by atoms with Crippen LogP contribution in [0.15, 0.2) is 17.2 Å². The third kappa shape index (κ3) is 5.78. The lowest BCUT2D eigenvalue weighted by Gasteiger charge is -2.12. The largest absolute Gasteiger partial charge is 0.480 e. The van der Waals surface area contributed by atoms with Crippen LogP contribution in [-0.4, -0.2) is 51.4 Å². The van der Waals surface area contributed by atoms with Gasteiger partial charge in [-0.3, -0.25) is 9.59 Å². The van der Waals surface area contributed by atoms with Crippen molar-refractivity contribution < 1.29 is 19.5 Å². The molecule has 1 aromatic rings. The van der Waals surface area contributed by atoms with E-state index in [0.29, 0.717) is 11.6 Å². The molecule has 3 N–H and O–H groups in total. The van der Waals surface area contributed by atoms with Crippen molar-refractivity contribution in [2.75, 3.05) is 12.3 Å². The van der Waals surface area contributed by atoms with E-state index in [1.165, 1.54) is 13.0 Å². The van der Waals surface area contributed by atoms with Crippen LogP contribution in [0, 0.1) is 0 Å². The first-order chi connectivity index (χ1) is 9.93. The summed E-state index contributed by atoms with van der Waals surface area (Å²) in [5.74, 6) is -1.74. The fraction of sp³-hybridized carbons (Fsp3) is 0.417. The molecule has 0 saturated carbocycles. The Hall–Kier alpha value is -2.16. The minimum absolute atomic E-state index is 0.115. The first kappa shape index (κ1) is 16.9. The molecule has 1 heterocycles. The van der Waals surface area contributed by atoms with E-state index in [2.05, 4.69) is 20.8 Å². The van der Waals surface area contributed by atoms with Crippen LogP contribution in [0.1, 0.15) is 24.3 Å². The Kier molecular flexibility index (Phi) is 6.60. The van der Waals surface area contributed by atoms with Crippen molar-refractivity contribution in [3.05, 3.63) is 17.8 Å². The van der Waals surface area contributed by atoms with Gasteiger partial charge in [-0.15, -0.1) is 22.0 Å². The van der Waals surface area contributed by atoms with Gasteiger partial charge < -0.3 is 15.7 Å². The maximum atomic E-state index is 11.5. The number of nitrogens with zero attached hydrogens (tertiary/aromatic N) is 2. The number of aromatic nitrogens is 2. The molecule has 0 bridgehead atoms. The molecule has 0 radical (unpaired) electrons. The van der Waals surface area contributed by atoms with Crippen molar-refractivity contribution in [1.29, 1.82) is 0 Å². The molecule has 0 saturated heterocycles. The number of carboxylic acid groups (broad SMARTS) is 1. The summed E-state index contributed by atoms with van der Waals surface area (Å²) >= 11 is 1.13. The highest BCUT2D eigenvalue weighted by Crippen LogP contribution is 2.15. The van der Waals surface area contributed by atoms with Crippen LogP contribution in [0.2, 0.25) is 0 Å². The van der Waals surface area contributed by atoms with Gasteiger partial charge >= 0.3 is 5.97 Å². The number of carboxylic acids is 1. The first-order valence-corrected chi connectivity index (χ1v) is 7.17. The molecule has 8 nitrogen and oxygen atoms in total. The molecule has 0 spiro atoms. The molecule has 0 aliphatic rings. The molecule has 2 amide bonds. The van der Waals surface area contributed by atoms with Crippen LogP contribution in [0.5, 0.6) is 0 Å². The quantitative estimate of drug-likeness (QED) is 0.601. The molecule has 21 heavy (non-hydrogen) atoms. The van der Waals surface area contributed by atoms with E-state index in [9.17, 15) is 14.4 Å². The summed E-state index contributed by atoms with van der Waals surface area (Å²) in [6, 6.07) is 2.08. The molecule has 9 heteroatoms. The zero-order valence-electron chi connectivity index (χ0n) is 11.6. The molecule has 0 fully saturated rings. The van der Waals surface area contributed by atoms with Gasteiger partial charge in [0.15, 0.2) is 5.69 Å². The van der Waals surface area contributed by atoms with Gasteiger partial charge in [0.05, 0.1) is 0 Å². The summed E-state index contributed by atoms with van der Waals surface area (Å²) in [7, 11) is 0. The van der Waals surface area contributed by atoms with E-state index in [1.54, 1.807) is 13.0 Å². The predicted molar refractivity (Wildman–Crippen MR) is 76.0 cm³/mol. The van der Waals surface area contributed by atoms with E-state index < -0.39 is 17.9 Å². The van der Waals surface area contributed by atoms with E-state index >= 15 is 0 Å². The lowest BCUT2D eigenvalue weighted by molar-refractivity contribution is -0.140. The minimum Gasteiger partial charge on any atom is -0.480 e. The topological polar surface area (TPSA) is 121 Å². The normalized spacial score (nSPS) is 11.5. The molecular weight excluding hydrogens is 296 g/mol. The van der Waals surface area contributed by atoms with Gasteiger partial charge in [-0.2, -0.15) is 0 Å². The highest BCUT2D eigenvalue weighted by Gasteiger charge is 2.19. The molecular formula is C12H16N4O4S. The number of rotatable bonds is 7. The summed E-state index contributed by atoms with van der Waals surface area (Å²) in [5.41, 5.74) is 0.192. The van der Waals surface area contributed by atoms with E-state index in [1.807, 2.05) is 0 Å². The van der Waals surface area contributed by atoms with E-state index in [0.717, 1.165) is 11.8 Å². The lowest BCUT2D eigenvalue weighted by Crippen LogP contribution is -2.41. The summed E-state index contributed by atoms with van der Waals surface area (Å²) in [4.78, 5) is 33.3. The second-order valence-corrected chi connectivity index (χ2v) is 5.06. The van der Waals surface area contributed by atoms with Crippen molar-refractivity contribution in [3.8, 4) is 0 Å². The van der Waals surface area contributed by atoms with Crippen molar-refractivity contribution in [2.45, 2.75) is 24.9 Å². The molecule has 114 valence electrons. The number of amides is 2. The Morgan fingerprint density at radius 3 is 2.52 bits per heavy atom. The Morgan fingerprint density at radius 1 is 1.33 bits per heavy atom. The third-order valence-electron chi connectivity index (χ3n) is 2.28. The number of nitrogens with one attached hydrogen (secondary N) is 2. The van der Waals surface area contributed by atoms with Crippen LogP contribution < -0.4 is 10.6 Å². The Bertz CT molecular complexity index is 520. The summed E-state index contributed by atoms with van der Waals surface area (Å²) in [6.45, 7) is 3.54. The molecule has 0 aromatic carbocycles. The molecule has 0 aliphatic heterocycles. The average Bonchev–Trinajstić information content (AvgIpc) is 2.43. The Balaban J connectivity index is 2.60. The Morgan fingerprint density at radius 2 is 2.05 bits per heavy atom. The Labute approximate surface area is 125 Å². The second kappa shape index (κ2) is 8.20. The smallest absolute Gasteiger partial charge is 0.327 e. The van der Waals surface area contributed by atoms with Gasteiger partial charge in [-0.25, -0.2) is 4.79 Å². The number of thioether (sulfide) groups is 1. The molecule has 0 unspecified atom stereocenters. The van der Waals surface area contributed by atoms with Crippen molar-refractivity contribution in [3.63, 3.8) is 0 Å². The van der Waals surface area contributed by atoms with Crippen LogP contribution in [-0.2, 0) is 9.59 Å². The fourth-order valence-electron chi connectivity index (χ4n) is 1.36. The van der Waals surface area contributed by atoms with Crippen LogP contribution in [0.3, 0.4) is 0 Å². The van der Waals surface area contributed by atoms with Crippen LogP contribution in [0.4, 0.5) is 0 Å². The zero-order valence-corrected chi connectivity index (χ0v) is 12.4. The van der Waals surface area contributed by atoms with E-state index in [-0.39, 0.29) is 17.4 Å². The maximum Gasteiger partial charge on any atom is 0.327 e. The summed E-state index contributed by atoms with van der Waals surface area (Å²) < 4.78 is 0. The second-order valence-electron chi connectivity index (χ2n) is 4.02. The van der Waals surface area contributed by atoms with Gasteiger partial charge in [0.25, 0.3) is 5.91 Å². The first-order valence-electron chi connectivity index (χ1n) is 6.18. The number of carbonyl (C=O) groups is 3. The van der Waals surface area contributed by atoms with Gasteiger partial charge in [0.1, 0.15) is 11.1 Å². The highest BCUT2D eigenvalue weighted by atomic mass is 32.2. The number of hydrogen-bond acceptors (Lipinski definition) is 6. The molecule has 1 aromatic heterocycles. The summed E-state index contributed by atoms with van der Waals surface area (Å²) in [5, 5.41) is 22.0. The molecule has 0 aliphatic carbocycles. The predicted octanol–water partition coefficient (Wildman–Crippen LogP) is -0.0923. The zero-order chi connectivity index (χ0) is 15.8. The van der Waals surface area contributed by atoms with E-state index in [4.69, 9.17) is 5.11 Å². The van der Waals surface area contributed by atoms with Gasteiger partial charge in [0, 0.05) is 19.2 Å². The molecule has 1 rings (SSSR count). The number of hydrogen-bond donors (Lipinski definition) is 3. The van der Waals surface area contributed by atoms with Crippen LogP contribution >= 0.6 is 11.8 Å². The number of aliphatic carboxylic acids is 1. The van der Waals surface area contributed by atoms with Crippen LogP contribution in [0.25, 0.3) is 0 Å². The average molecular weight is 312 g/mol.